The molecule has 3 nitrogen and oxygen atoms in total. The first kappa shape index (κ1) is 14.5. The van der Waals surface area contributed by atoms with Crippen LogP contribution in [0.5, 0.6) is 0 Å². The lowest BCUT2D eigenvalue weighted by molar-refractivity contribution is 0.583. The molecule has 0 atom stereocenters. The fourth-order valence-corrected chi connectivity index (χ4v) is 2.67. The first-order chi connectivity index (χ1) is 10.8. The van der Waals surface area contributed by atoms with Crippen molar-refractivity contribution in [3.05, 3.63) is 76.3 Å². The molecule has 0 aliphatic heterocycles. The molecule has 22 heavy (non-hydrogen) atoms. The molecule has 2 aromatic carbocycles. The molecule has 0 saturated carbocycles. The van der Waals surface area contributed by atoms with Crippen molar-refractivity contribution in [2.75, 3.05) is 0 Å². The maximum atomic E-state index is 12.8. The number of benzene rings is 2. The van der Waals surface area contributed by atoms with Crippen molar-refractivity contribution in [2.24, 2.45) is 0 Å². The Hall–Kier alpha value is -2.42. The first-order valence-corrected chi connectivity index (χ1v) is 7.82. The number of nitrogens with zero attached hydrogens (tertiary/aromatic N) is 2. The highest BCUT2D eigenvalue weighted by molar-refractivity contribution is 5.77. The lowest BCUT2D eigenvalue weighted by atomic mass is 10.1. The van der Waals surface area contributed by atoms with Crippen LogP contribution < -0.4 is 5.56 Å². The average Bonchev–Trinajstić information content (AvgIpc) is 2.56. The monoisotopic (exact) mass is 292 g/mol. The smallest absolute Gasteiger partial charge is 0.261 e. The molecule has 0 bridgehead atoms. The summed E-state index contributed by atoms with van der Waals surface area (Å²) in [5.74, 6) is 0.850. The molecular formula is C19H20N2O. The second kappa shape index (κ2) is 6.56. The van der Waals surface area contributed by atoms with Crippen LogP contribution in [0.25, 0.3) is 10.9 Å². The van der Waals surface area contributed by atoms with Gasteiger partial charge >= 0.3 is 0 Å². The summed E-state index contributed by atoms with van der Waals surface area (Å²) in [4.78, 5) is 17.5. The summed E-state index contributed by atoms with van der Waals surface area (Å²) in [6, 6.07) is 17.8. The van der Waals surface area contributed by atoms with Gasteiger partial charge in [-0.1, -0.05) is 55.8 Å². The number of unbranched alkanes of at least 4 members (excludes halogenated alkanes) is 1. The largest absolute Gasteiger partial charge is 0.296 e. The van der Waals surface area contributed by atoms with Crippen LogP contribution in [0, 0.1) is 0 Å². The van der Waals surface area contributed by atoms with Gasteiger partial charge in [-0.3, -0.25) is 9.36 Å². The van der Waals surface area contributed by atoms with Crippen molar-refractivity contribution in [1.29, 1.82) is 0 Å². The molecule has 0 unspecified atom stereocenters. The summed E-state index contributed by atoms with van der Waals surface area (Å²) in [5.41, 5.74) is 2.03. The van der Waals surface area contributed by atoms with Gasteiger partial charge in [-0.25, -0.2) is 4.98 Å². The van der Waals surface area contributed by atoms with E-state index in [-0.39, 0.29) is 5.56 Å². The summed E-state index contributed by atoms with van der Waals surface area (Å²) in [7, 11) is 0. The van der Waals surface area contributed by atoms with Gasteiger partial charge in [0.25, 0.3) is 5.56 Å². The predicted octanol–water partition coefficient (Wildman–Crippen LogP) is 3.79. The molecule has 1 aromatic heterocycles. The van der Waals surface area contributed by atoms with E-state index in [9.17, 15) is 4.79 Å². The summed E-state index contributed by atoms with van der Waals surface area (Å²) in [6.45, 7) is 2.87. The van der Waals surface area contributed by atoms with Crippen LogP contribution in [0.3, 0.4) is 0 Å². The van der Waals surface area contributed by atoms with Crippen LogP contribution in [0.2, 0.25) is 0 Å². The van der Waals surface area contributed by atoms with Crippen LogP contribution in [0.15, 0.2) is 59.4 Å². The van der Waals surface area contributed by atoms with E-state index in [0.29, 0.717) is 11.8 Å². The van der Waals surface area contributed by atoms with E-state index in [1.165, 1.54) is 5.56 Å². The Labute approximate surface area is 130 Å². The van der Waals surface area contributed by atoms with Crippen molar-refractivity contribution >= 4 is 10.9 Å². The number of rotatable bonds is 5. The van der Waals surface area contributed by atoms with Crippen LogP contribution in [0.1, 0.15) is 31.2 Å². The van der Waals surface area contributed by atoms with Crippen LogP contribution in [-0.4, -0.2) is 9.55 Å². The van der Waals surface area contributed by atoms with Crippen molar-refractivity contribution in [3.63, 3.8) is 0 Å². The van der Waals surface area contributed by atoms with Gasteiger partial charge in [-0.2, -0.15) is 0 Å². The third-order valence-corrected chi connectivity index (χ3v) is 3.88. The molecule has 0 aliphatic carbocycles. The van der Waals surface area contributed by atoms with E-state index in [4.69, 9.17) is 4.98 Å². The third kappa shape index (κ3) is 2.93. The zero-order valence-electron chi connectivity index (χ0n) is 12.8. The van der Waals surface area contributed by atoms with Gasteiger partial charge in [-0.05, 0) is 24.1 Å². The van der Waals surface area contributed by atoms with E-state index < -0.39 is 0 Å². The Balaban J connectivity index is 2.11. The molecule has 3 heteroatoms. The van der Waals surface area contributed by atoms with Gasteiger partial charge in [0.2, 0.25) is 0 Å². The van der Waals surface area contributed by atoms with E-state index >= 15 is 0 Å². The van der Waals surface area contributed by atoms with E-state index in [0.717, 1.165) is 30.7 Å². The number of hydrogen-bond acceptors (Lipinski definition) is 2. The van der Waals surface area contributed by atoms with Gasteiger partial charge in [0, 0.05) is 13.0 Å². The van der Waals surface area contributed by atoms with Gasteiger partial charge in [0.15, 0.2) is 0 Å². The molecule has 0 radical (unpaired) electrons. The predicted molar refractivity (Wildman–Crippen MR) is 90.2 cm³/mol. The molecule has 0 spiro atoms. The molecule has 3 rings (SSSR count). The zero-order chi connectivity index (χ0) is 15.4. The molecule has 112 valence electrons. The van der Waals surface area contributed by atoms with Crippen LogP contribution in [0.4, 0.5) is 0 Å². The number of hydrogen-bond donors (Lipinski definition) is 0. The van der Waals surface area contributed by atoms with Crippen molar-refractivity contribution in [2.45, 2.75) is 32.7 Å². The molecule has 0 saturated heterocycles. The quantitative estimate of drug-likeness (QED) is 0.717. The Morgan fingerprint density at radius 3 is 2.50 bits per heavy atom. The minimum atomic E-state index is 0.0741. The maximum Gasteiger partial charge on any atom is 0.261 e. The van der Waals surface area contributed by atoms with Crippen LogP contribution in [-0.2, 0) is 13.0 Å². The zero-order valence-corrected chi connectivity index (χ0v) is 12.8. The van der Waals surface area contributed by atoms with E-state index in [1.807, 2.05) is 47.0 Å². The molecule has 0 fully saturated rings. The minimum absolute atomic E-state index is 0.0741. The first-order valence-electron chi connectivity index (χ1n) is 7.82. The molecular weight excluding hydrogens is 272 g/mol. The second-order valence-corrected chi connectivity index (χ2v) is 5.52. The Kier molecular flexibility index (Phi) is 4.33. The molecule has 0 amide bonds. The lowest BCUT2D eigenvalue weighted by Crippen LogP contribution is -2.25. The van der Waals surface area contributed by atoms with E-state index in [2.05, 4.69) is 19.1 Å². The Morgan fingerprint density at radius 1 is 1.00 bits per heavy atom. The normalized spacial score (nSPS) is 11.0. The highest BCUT2D eigenvalue weighted by Gasteiger charge is 2.10. The highest BCUT2D eigenvalue weighted by Crippen LogP contribution is 2.12. The summed E-state index contributed by atoms with van der Waals surface area (Å²) >= 11 is 0. The van der Waals surface area contributed by atoms with Gasteiger partial charge in [-0.15, -0.1) is 0 Å². The number of para-hydroxylation sites is 1. The van der Waals surface area contributed by atoms with Gasteiger partial charge < -0.3 is 0 Å². The highest BCUT2D eigenvalue weighted by atomic mass is 16.1. The summed E-state index contributed by atoms with van der Waals surface area (Å²) in [5, 5.41) is 0.704. The summed E-state index contributed by atoms with van der Waals surface area (Å²) in [6.07, 6.45) is 2.73. The Morgan fingerprint density at radius 2 is 1.73 bits per heavy atom. The Bertz CT molecular complexity index is 822. The fraction of sp³-hybridized carbons (Fsp3) is 0.263. The van der Waals surface area contributed by atoms with E-state index in [1.54, 1.807) is 0 Å². The maximum absolute atomic E-state index is 12.8. The van der Waals surface area contributed by atoms with Crippen LogP contribution >= 0.6 is 0 Å². The fourth-order valence-electron chi connectivity index (χ4n) is 2.67. The van der Waals surface area contributed by atoms with Gasteiger partial charge in [0.05, 0.1) is 10.9 Å². The third-order valence-electron chi connectivity index (χ3n) is 3.88. The molecule has 1 heterocycles. The number of aromatic nitrogens is 2. The average molecular weight is 292 g/mol. The second-order valence-electron chi connectivity index (χ2n) is 5.52. The minimum Gasteiger partial charge on any atom is -0.296 e. The van der Waals surface area contributed by atoms with Crippen molar-refractivity contribution < 1.29 is 0 Å². The lowest BCUT2D eigenvalue weighted by Gasteiger charge is -2.13. The molecule has 0 N–H and O–H groups in total. The van der Waals surface area contributed by atoms with Gasteiger partial charge in [0.1, 0.15) is 5.82 Å². The molecule has 3 aromatic rings. The summed E-state index contributed by atoms with van der Waals surface area (Å²) < 4.78 is 1.85. The SMILES string of the molecule is CCCCn1c(Cc2ccccc2)nc2ccccc2c1=O. The number of fused-ring (bicyclic) bond motifs is 1. The standard InChI is InChI=1S/C19H20N2O/c1-2-3-13-21-18(14-15-9-5-4-6-10-15)20-17-12-8-7-11-16(17)19(21)22/h4-12H,2-3,13-14H2,1H3. The van der Waals surface area contributed by atoms with Crippen molar-refractivity contribution in [1.82, 2.24) is 9.55 Å². The topological polar surface area (TPSA) is 34.9 Å². The molecule has 0 aliphatic rings. The van der Waals surface area contributed by atoms with Crippen molar-refractivity contribution in [3.8, 4) is 0 Å².